The van der Waals surface area contributed by atoms with Gasteiger partial charge in [-0.25, -0.2) is 13.4 Å². The molecule has 1 heterocycles. The van der Waals surface area contributed by atoms with Crippen LogP contribution in [0.15, 0.2) is 71.9 Å². The van der Waals surface area contributed by atoms with Crippen LogP contribution in [0.25, 0.3) is 0 Å². The molecule has 0 radical (unpaired) electrons. The highest BCUT2D eigenvalue weighted by Crippen LogP contribution is 2.23. The Morgan fingerprint density at radius 1 is 1.12 bits per heavy atom. The molecule has 25 heavy (non-hydrogen) atoms. The first kappa shape index (κ1) is 16.9. The van der Waals surface area contributed by atoms with E-state index in [0.717, 1.165) is 5.56 Å². The highest BCUT2D eigenvalue weighted by Gasteiger charge is 2.25. The van der Waals surface area contributed by atoms with Crippen molar-refractivity contribution in [3.63, 3.8) is 0 Å². The van der Waals surface area contributed by atoms with E-state index in [2.05, 4.69) is 9.71 Å². The second-order valence-electron chi connectivity index (χ2n) is 5.50. The van der Waals surface area contributed by atoms with Crippen molar-refractivity contribution in [1.29, 1.82) is 5.26 Å². The molecule has 126 valence electrons. The summed E-state index contributed by atoms with van der Waals surface area (Å²) < 4.78 is 30.1. The number of nitriles is 1. The molecular formula is C18H16N4O2S. The van der Waals surface area contributed by atoms with Crippen molar-refractivity contribution in [2.24, 2.45) is 7.05 Å². The number of nitrogens with zero attached hydrogens (tertiary/aromatic N) is 3. The fraction of sp³-hybridized carbons (Fsp3) is 0.111. The molecule has 3 aromatic rings. The number of hydrogen-bond acceptors (Lipinski definition) is 4. The highest BCUT2D eigenvalue weighted by molar-refractivity contribution is 7.89. The van der Waals surface area contributed by atoms with E-state index < -0.39 is 16.1 Å². The predicted molar refractivity (Wildman–Crippen MR) is 93.0 cm³/mol. The van der Waals surface area contributed by atoms with Gasteiger partial charge in [0.05, 0.1) is 16.5 Å². The van der Waals surface area contributed by atoms with Gasteiger partial charge in [0.25, 0.3) is 0 Å². The van der Waals surface area contributed by atoms with Gasteiger partial charge in [0.15, 0.2) is 0 Å². The largest absolute Gasteiger partial charge is 0.336 e. The van der Waals surface area contributed by atoms with Gasteiger partial charge in [-0.1, -0.05) is 30.3 Å². The minimum Gasteiger partial charge on any atom is -0.336 e. The second-order valence-corrected chi connectivity index (χ2v) is 7.21. The second kappa shape index (κ2) is 6.89. The lowest BCUT2D eigenvalue weighted by atomic mass is 10.1. The van der Waals surface area contributed by atoms with Gasteiger partial charge in [-0.05, 0) is 29.8 Å². The van der Waals surface area contributed by atoms with E-state index in [1.165, 1.54) is 24.3 Å². The van der Waals surface area contributed by atoms with Crippen LogP contribution in [0.4, 0.5) is 0 Å². The Kier molecular flexibility index (Phi) is 4.65. The zero-order valence-electron chi connectivity index (χ0n) is 13.5. The average Bonchev–Trinajstić information content (AvgIpc) is 3.06. The van der Waals surface area contributed by atoms with Crippen LogP contribution < -0.4 is 4.72 Å². The van der Waals surface area contributed by atoms with Gasteiger partial charge in [-0.2, -0.15) is 9.98 Å². The topological polar surface area (TPSA) is 87.8 Å². The molecule has 0 amide bonds. The molecule has 0 saturated carbocycles. The van der Waals surface area contributed by atoms with E-state index in [-0.39, 0.29) is 4.90 Å². The Labute approximate surface area is 146 Å². The molecule has 0 fully saturated rings. The van der Waals surface area contributed by atoms with Crippen molar-refractivity contribution in [2.75, 3.05) is 0 Å². The molecule has 1 atom stereocenters. The smallest absolute Gasteiger partial charge is 0.241 e. The monoisotopic (exact) mass is 352 g/mol. The molecule has 0 aliphatic rings. The Morgan fingerprint density at radius 3 is 2.36 bits per heavy atom. The molecular weight excluding hydrogens is 336 g/mol. The lowest BCUT2D eigenvalue weighted by molar-refractivity contribution is 0.563. The van der Waals surface area contributed by atoms with Gasteiger partial charge in [0.1, 0.15) is 11.9 Å². The van der Waals surface area contributed by atoms with E-state index in [1.54, 1.807) is 17.0 Å². The number of sulfonamides is 1. The van der Waals surface area contributed by atoms with E-state index in [4.69, 9.17) is 5.26 Å². The molecule has 0 spiro atoms. The van der Waals surface area contributed by atoms with Crippen LogP contribution in [0.5, 0.6) is 0 Å². The van der Waals surface area contributed by atoms with Crippen molar-refractivity contribution in [3.8, 4) is 6.07 Å². The minimum atomic E-state index is -3.79. The van der Waals surface area contributed by atoms with Gasteiger partial charge < -0.3 is 4.57 Å². The first-order chi connectivity index (χ1) is 12.0. The van der Waals surface area contributed by atoms with Crippen molar-refractivity contribution < 1.29 is 8.42 Å². The Hall–Kier alpha value is -2.95. The zero-order chi connectivity index (χ0) is 17.9. The summed E-state index contributed by atoms with van der Waals surface area (Å²) in [5, 5.41) is 8.85. The van der Waals surface area contributed by atoms with E-state index in [1.807, 2.05) is 43.4 Å². The summed E-state index contributed by atoms with van der Waals surface area (Å²) in [5.74, 6) is 0.587. The molecule has 1 aromatic heterocycles. The number of rotatable bonds is 5. The van der Waals surface area contributed by atoms with E-state index in [9.17, 15) is 8.42 Å². The van der Waals surface area contributed by atoms with Crippen molar-refractivity contribution in [1.82, 2.24) is 14.3 Å². The Morgan fingerprint density at radius 2 is 1.80 bits per heavy atom. The van der Waals surface area contributed by atoms with E-state index >= 15 is 0 Å². The first-order valence-corrected chi connectivity index (χ1v) is 9.04. The Balaban J connectivity index is 2.00. The average molecular weight is 352 g/mol. The quantitative estimate of drug-likeness (QED) is 0.763. The van der Waals surface area contributed by atoms with Crippen LogP contribution in [0.2, 0.25) is 0 Å². The van der Waals surface area contributed by atoms with Crippen LogP contribution in [0.3, 0.4) is 0 Å². The van der Waals surface area contributed by atoms with Gasteiger partial charge in [0.2, 0.25) is 10.0 Å². The fourth-order valence-electron chi connectivity index (χ4n) is 2.50. The number of nitrogens with one attached hydrogen (secondary N) is 1. The minimum absolute atomic E-state index is 0.0987. The molecule has 1 N–H and O–H groups in total. The zero-order valence-corrected chi connectivity index (χ0v) is 14.3. The number of hydrogen-bond donors (Lipinski definition) is 1. The maximum atomic E-state index is 12.8. The van der Waals surface area contributed by atoms with E-state index in [0.29, 0.717) is 11.4 Å². The molecule has 0 saturated heterocycles. The van der Waals surface area contributed by atoms with Crippen LogP contribution in [-0.2, 0) is 17.1 Å². The summed E-state index contributed by atoms with van der Waals surface area (Å²) >= 11 is 0. The van der Waals surface area contributed by atoms with Crippen LogP contribution in [0.1, 0.15) is 23.0 Å². The molecule has 6 nitrogen and oxygen atoms in total. The number of benzene rings is 2. The SMILES string of the molecule is Cn1ccnc1C(NS(=O)(=O)c1ccc(C#N)cc1)c1ccccc1. The third kappa shape index (κ3) is 3.60. The fourth-order valence-corrected chi connectivity index (χ4v) is 3.68. The van der Waals surface area contributed by atoms with Crippen LogP contribution in [-0.4, -0.2) is 18.0 Å². The Bertz CT molecular complexity index is 1000. The van der Waals surface area contributed by atoms with Gasteiger partial charge in [-0.3, -0.25) is 0 Å². The molecule has 1 unspecified atom stereocenters. The number of imidazole rings is 1. The van der Waals surface area contributed by atoms with Crippen molar-refractivity contribution >= 4 is 10.0 Å². The summed E-state index contributed by atoms with van der Waals surface area (Å²) in [4.78, 5) is 4.39. The highest BCUT2D eigenvalue weighted by atomic mass is 32.2. The molecule has 2 aromatic carbocycles. The first-order valence-electron chi connectivity index (χ1n) is 7.56. The van der Waals surface area contributed by atoms with Crippen LogP contribution >= 0.6 is 0 Å². The maximum Gasteiger partial charge on any atom is 0.241 e. The predicted octanol–water partition coefficient (Wildman–Crippen LogP) is 2.36. The molecule has 0 aliphatic heterocycles. The standard InChI is InChI=1S/C18H16N4O2S/c1-22-12-11-20-18(22)17(15-5-3-2-4-6-15)21-25(23,24)16-9-7-14(13-19)8-10-16/h2-12,17,21H,1H3. The molecule has 0 aliphatic carbocycles. The molecule has 3 rings (SSSR count). The molecule has 7 heteroatoms. The van der Waals surface area contributed by atoms with Crippen molar-refractivity contribution in [3.05, 3.63) is 83.9 Å². The summed E-state index contributed by atoms with van der Waals surface area (Å²) in [6, 6.07) is 16.4. The third-order valence-electron chi connectivity index (χ3n) is 3.82. The van der Waals surface area contributed by atoms with Gasteiger partial charge in [0, 0.05) is 19.4 Å². The summed E-state index contributed by atoms with van der Waals surface area (Å²) in [6.07, 6.45) is 3.39. The lowest BCUT2D eigenvalue weighted by Crippen LogP contribution is -2.31. The summed E-state index contributed by atoms with van der Waals surface area (Å²) in [7, 11) is -1.97. The maximum absolute atomic E-state index is 12.8. The summed E-state index contributed by atoms with van der Waals surface area (Å²) in [6.45, 7) is 0. The van der Waals surface area contributed by atoms with Gasteiger partial charge >= 0.3 is 0 Å². The molecule has 0 bridgehead atoms. The van der Waals surface area contributed by atoms with Crippen LogP contribution in [0, 0.1) is 11.3 Å². The third-order valence-corrected chi connectivity index (χ3v) is 5.26. The van der Waals surface area contributed by atoms with Crippen molar-refractivity contribution in [2.45, 2.75) is 10.9 Å². The number of aromatic nitrogens is 2. The summed E-state index contributed by atoms with van der Waals surface area (Å²) in [5.41, 5.74) is 1.19. The normalized spacial score (nSPS) is 12.5. The number of aryl methyl sites for hydroxylation is 1. The van der Waals surface area contributed by atoms with Gasteiger partial charge in [-0.15, -0.1) is 0 Å². The lowest BCUT2D eigenvalue weighted by Gasteiger charge is -2.19.